The van der Waals surface area contributed by atoms with E-state index in [0.29, 0.717) is 30.2 Å². The highest BCUT2D eigenvalue weighted by Crippen LogP contribution is 2.38. The maximum atomic E-state index is 12.6. The number of rotatable bonds is 4. The molecule has 1 saturated carbocycles. The fraction of sp³-hybridized carbons (Fsp3) is 0.889. The van der Waals surface area contributed by atoms with Crippen molar-refractivity contribution in [2.75, 3.05) is 19.6 Å². The van der Waals surface area contributed by atoms with Gasteiger partial charge in [0.15, 0.2) is 0 Å². The second-order valence-corrected chi connectivity index (χ2v) is 8.32. The van der Waals surface area contributed by atoms with Crippen molar-refractivity contribution in [2.45, 2.75) is 59.5 Å². The van der Waals surface area contributed by atoms with Crippen LogP contribution in [-0.4, -0.2) is 42.1 Å². The minimum Gasteiger partial charge on any atom is -0.444 e. The third-order valence-corrected chi connectivity index (χ3v) is 5.05. The highest BCUT2D eigenvalue weighted by molar-refractivity contribution is 5.79. The van der Waals surface area contributed by atoms with Crippen LogP contribution in [0.5, 0.6) is 0 Å². The molecule has 0 radical (unpaired) electrons. The summed E-state index contributed by atoms with van der Waals surface area (Å²) in [5, 5.41) is 2.86. The third-order valence-electron chi connectivity index (χ3n) is 5.05. The van der Waals surface area contributed by atoms with Gasteiger partial charge in [-0.15, -0.1) is 0 Å². The van der Waals surface area contributed by atoms with Gasteiger partial charge in [-0.05, 0) is 57.8 Å². The Balaban J connectivity index is 1.83. The quantitative estimate of drug-likeness (QED) is 0.864. The average Bonchev–Trinajstić information content (AvgIpc) is 3.27. The number of alkyl carbamates (subject to hydrolysis) is 1. The van der Waals surface area contributed by atoms with Crippen molar-refractivity contribution in [1.82, 2.24) is 10.2 Å². The third kappa shape index (κ3) is 5.40. The largest absolute Gasteiger partial charge is 0.444 e. The lowest BCUT2D eigenvalue weighted by Gasteiger charge is -2.38. The second-order valence-electron chi connectivity index (χ2n) is 8.32. The van der Waals surface area contributed by atoms with E-state index in [1.54, 1.807) is 0 Å². The van der Waals surface area contributed by atoms with Gasteiger partial charge in [0.25, 0.3) is 0 Å². The zero-order chi connectivity index (χ0) is 17.2. The van der Waals surface area contributed by atoms with Gasteiger partial charge < -0.3 is 15.0 Å². The van der Waals surface area contributed by atoms with Crippen molar-refractivity contribution in [3.8, 4) is 0 Å². The Morgan fingerprint density at radius 3 is 2.48 bits per heavy atom. The number of likely N-dealkylation sites (tertiary alicyclic amines) is 1. The standard InChI is InChI=1S/C18H32N2O3/c1-12-8-9-20(16(21)13(2)14-6-7-14)11-15(12)10-19-17(22)23-18(3,4)5/h12-15H,6-11H2,1-5H3,(H,19,22)/t12-,13-,15+/m1/s1. The Morgan fingerprint density at radius 2 is 1.91 bits per heavy atom. The summed E-state index contributed by atoms with van der Waals surface area (Å²) in [5.41, 5.74) is -0.482. The normalized spacial score (nSPS) is 26.6. The molecule has 0 bridgehead atoms. The molecular formula is C18H32N2O3. The molecule has 0 aromatic heterocycles. The lowest BCUT2D eigenvalue weighted by Crippen LogP contribution is -2.49. The molecule has 1 aliphatic heterocycles. The van der Waals surface area contributed by atoms with Crippen LogP contribution in [-0.2, 0) is 9.53 Å². The first-order valence-electron chi connectivity index (χ1n) is 8.93. The molecular weight excluding hydrogens is 292 g/mol. The van der Waals surface area contributed by atoms with E-state index in [1.807, 2.05) is 25.7 Å². The Morgan fingerprint density at radius 1 is 1.26 bits per heavy atom. The predicted octanol–water partition coefficient (Wildman–Crippen LogP) is 3.04. The van der Waals surface area contributed by atoms with Crippen LogP contribution in [0.15, 0.2) is 0 Å². The monoisotopic (exact) mass is 324 g/mol. The molecule has 2 aliphatic rings. The smallest absolute Gasteiger partial charge is 0.407 e. The van der Waals surface area contributed by atoms with Crippen molar-refractivity contribution in [2.24, 2.45) is 23.7 Å². The number of nitrogens with zero attached hydrogens (tertiary/aromatic N) is 1. The summed E-state index contributed by atoms with van der Waals surface area (Å²) in [5.74, 6) is 1.85. The van der Waals surface area contributed by atoms with Crippen LogP contribution >= 0.6 is 0 Å². The molecule has 2 amide bonds. The van der Waals surface area contributed by atoms with Gasteiger partial charge in [0.05, 0.1) is 0 Å². The molecule has 3 atom stereocenters. The molecule has 23 heavy (non-hydrogen) atoms. The minimum atomic E-state index is -0.482. The van der Waals surface area contributed by atoms with Gasteiger partial charge in [0, 0.05) is 25.6 Å². The zero-order valence-electron chi connectivity index (χ0n) is 15.2. The van der Waals surface area contributed by atoms with Crippen molar-refractivity contribution in [3.05, 3.63) is 0 Å². The molecule has 1 N–H and O–H groups in total. The number of carbonyl (C=O) groups is 2. The predicted molar refractivity (Wildman–Crippen MR) is 90.0 cm³/mol. The lowest BCUT2D eigenvalue weighted by atomic mass is 9.86. The highest BCUT2D eigenvalue weighted by atomic mass is 16.6. The molecule has 1 heterocycles. The van der Waals surface area contributed by atoms with Crippen molar-refractivity contribution >= 4 is 12.0 Å². The summed E-state index contributed by atoms with van der Waals surface area (Å²) in [6.45, 7) is 12.0. The lowest BCUT2D eigenvalue weighted by molar-refractivity contribution is -0.138. The molecule has 0 unspecified atom stereocenters. The molecule has 0 spiro atoms. The SMILES string of the molecule is C[C@@H]1CCN(C(=O)[C@H](C)C2CC2)C[C@@H]1CNC(=O)OC(C)(C)C. The van der Waals surface area contributed by atoms with E-state index >= 15 is 0 Å². The first kappa shape index (κ1) is 18.1. The molecule has 2 rings (SSSR count). The van der Waals surface area contributed by atoms with Crippen LogP contribution in [0.1, 0.15) is 53.9 Å². The van der Waals surface area contributed by atoms with Crippen LogP contribution in [0.25, 0.3) is 0 Å². The number of amides is 2. The second kappa shape index (κ2) is 7.10. The van der Waals surface area contributed by atoms with E-state index in [1.165, 1.54) is 12.8 Å². The summed E-state index contributed by atoms with van der Waals surface area (Å²) in [6, 6.07) is 0. The number of piperidine rings is 1. The van der Waals surface area contributed by atoms with Crippen molar-refractivity contribution in [3.63, 3.8) is 0 Å². The zero-order valence-corrected chi connectivity index (χ0v) is 15.2. The molecule has 1 saturated heterocycles. The van der Waals surface area contributed by atoms with Gasteiger partial charge in [-0.25, -0.2) is 4.79 Å². The number of nitrogens with one attached hydrogen (secondary N) is 1. The van der Waals surface area contributed by atoms with E-state index in [2.05, 4.69) is 19.2 Å². The van der Waals surface area contributed by atoms with Crippen LogP contribution in [0.3, 0.4) is 0 Å². The number of ether oxygens (including phenoxy) is 1. The highest BCUT2D eigenvalue weighted by Gasteiger charge is 2.37. The van der Waals surface area contributed by atoms with Crippen LogP contribution < -0.4 is 5.32 Å². The molecule has 0 aromatic carbocycles. The summed E-state index contributed by atoms with van der Waals surface area (Å²) in [6.07, 6.45) is 3.02. The molecule has 1 aliphatic carbocycles. The number of hydrogen-bond acceptors (Lipinski definition) is 3. The van der Waals surface area contributed by atoms with Crippen LogP contribution in [0.2, 0.25) is 0 Å². The molecule has 5 heteroatoms. The first-order valence-corrected chi connectivity index (χ1v) is 8.93. The molecule has 5 nitrogen and oxygen atoms in total. The molecule has 2 fully saturated rings. The van der Waals surface area contributed by atoms with Gasteiger partial charge >= 0.3 is 6.09 Å². The first-order chi connectivity index (χ1) is 10.7. The van der Waals surface area contributed by atoms with Crippen LogP contribution in [0, 0.1) is 23.7 Å². The van der Waals surface area contributed by atoms with Crippen molar-refractivity contribution in [1.29, 1.82) is 0 Å². The van der Waals surface area contributed by atoms with Gasteiger partial charge in [-0.3, -0.25) is 4.79 Å². The van der Waals surface area contributed by atoms with Gasteiger partial charge in [-0.2, -0.15) is 0 Å². The summed E-state index contributed by atoms with van der Waals surface area (Å²) in [4.78, 5) is 26.4. The van der Waals surface area contributed by atoms with Gasteiger partial charge in [0.1, 0.15) is 5.60 Å². The van der Waals surface area contributed by atoms with Crippen LogP contribution in [0.4, 0.5) is 4.79 Å². The van der Waals surface area contributed by atoms with Crippen molar-refractivity contribution < 1.29 is 14.3 Å². The van der Waals surface area contributed by atoms with E-state index in [0.717, 1.165) is 19.5 Å². The molecule has 0 aromatic rings. The topological polar surface area (TPSA) is 58.6 Å². The summed E-state index contributed by atoms with van der Waals surface area (Å²) >= 11 is 0. The van der Waals surface area contributed by atoms with E-state index in [-0.39, 0.29) is 12.0 Å². The maximum absolute atomic E-state index is 12.6. The fourth-order valence-corrected chi connectivity index (χ4v) is 3.23. The summed E-state index contributed by atoms with van der Waals surface area (Å²) in [7, 11) is 0. The van der Waals surface area contributed by atoms with E-state index < -0.39 is 5.60 Å². The van der Waals surface area contributed by atoms with E-state index in [9.17, 15) is 9.59 Å². The average molecular weight is 324 g/mol. The van der Waals surface area contributed by atoms with E-state index in [4.69, 9.17) is 4.74 Å². The summed E-state index contributed by atoms with van der Waals surface area (Å²) < 4.78 is 5.29. The van der Waals surface area contributed by atoms with Gasteiger partial charge in [0.2, 0.25) is 5.91 Å². The Kier molecular flexibility index (Phi) is 5.58. The number of carbonyl (C=O) groups excluding carboxylic acids is 2. The maximum Gasteiger partial charge on any atom is 0.407 e. The minimum absolute atomic E-state index is 0.155. The Labute approximate surface area is 140 Å². The molecule has 132 valence electrons. The van der Waals surface area contributed by atoms with Gasteiger partial charge in [-0.1, -0.05) is 13.8 Å². The fourth-order valence-electron chi connectivity index (χ4n) is 3.23. The Hall–Kier alpha value is -1.26. The Bertz CT molecular complexity index is 440. The number of hydrogen-bond donors (Lipinski definition) is 1.